The summed E-state index contributed by atoms with van der Waals surface area (Å²) in [7, 11) is 4.33. The number of rotatable bonds is 11. The number of anilines is 1. The van der Waals surface area contributed by atoms with Gasteiger partial charge in [-0.2, -0.15) is 5.10 Å². The number of nitrogens with zero attached hydrogens (tertiary/aromatic N) is 2. The molecule has 0 aliphatic rings. The average molecular weight is 633 g/mol. The van der Waals surface area contributed by atoms with Crippen LogP contribution in [0.15, 0.2) is 84.0 Å². The van der Waals surface area contributed by atoms with E-state index in [2.05, 4.69) is 15.8 Å². The second-order valence-electron chi connectivity index (χ2n) is 8.99. The third kappa shape index (κ3) is 7.72. The molecule has 0 aromatic heterocycles. The van der Waals surface area contributed by atoms with Gasteiger partial charge in [-0.15, -0.1) is 0 Å². The summed E-state index contributed by atoms with van der Waals surface area (Å²) in [6.45, 7) is 0. The quantitative estimate of drug-likeness (QED) is 0.0712. The van der Waals surface area contributed by atoms with Gasteiger partial charge in [0.25, 0.3) is 11.8 Å². The molecule has 0 aliphatic carbocycles. The van der Waals surface area contributed by atoms with Crippen LogP contribution in [-0.2, 0) is 0 Å². The fourth-order valence-electron chi connectivity index (χ4n) is 3.98. The third-order valence-corrected chi connectivity index (χ3v) is 6.45. The Labute approximate surface area is 261 Å². The van der Waals surface area contributed by atoms with Crippen molar-refractivity contribution in [2.45, 2.75) is 0 Å². The van der Waals surface area contributed by atoms with E-state index in [0.29, 0.717) is 28.0 Å². The van der Waals surface area contributed by atoms with E-state index in [0.717, 1.165) is 6.21 Å². The van der Waals surface area contributed by atoms with E-state index in [-0.39, 0.29) is 28.0 Å². The lowest BCUT2D eigenvalue weighted by Gasteiger charge is -2.14. The minimum absolute atomic E-state index is 0.0664. The van der Waals surface area contributed by atoms with E-state index in [9.17, 15) is 24.5 Å². The van der Waals surface area contributed by atoms with E-state index in [1.165, 1.54) is 100 Å². The molecule has 0 bridgehead atoms. The van der Waals surface area contributed by atoms with Gasteiger partial charge < -0.3 is 24.3 Å². The SMILES string of the molecule is COc1cc(C(=O)Nc2ccc(C(=O)N/N=C/c3cccc([N+](=O)[O-])c3OC(=O)c3ccc(Cl)cc3)cc2)cc(OC)c1OC. The maximum absolute atomic E-state index is 12.9. The van der Waals surface area contributed by atoms with E-state index >= 15 is 0 Å². The second kappa shape index (κ2) is 14.5. The molecule has 0 unspecified atom stereocenters. The third-order valence-electron chi connectivity index (χ3n) is 6.20. The zero-order valence-electron chi connectivity index (χ0n) is 24.0. The first-order chi connectivity index (χ1) is 21.6. The number of benzene rings is 4. The standard InChI is InChI=1S/C31H25ClN4O9/c1-42-25-15-21(16-26(43-2)28(25)44-3)29(37)34-23-13-9-18(10-14-23)30(38)35-33-17-20-5-4-6-24(36(40)41)27(20)45-31(39)19-7-11-22(32)12-8-19/h4-17H,1-3H3,(H,34,37)(H,35,38)/b33-17+. The van der Waals surface area contributed by atoms with Crippen LogP contribution < -0.4 is 29.7 Å². The summed E-state index contributed by atoms with van der Waals surface area (Å²) >= 11 is 5.85. The number of hydrogen-bond donors (Lipinski definition) is 2. The molecule has 4 aromatic rings. The molecular weight excluding hydrogens is 608 g/mol. The van der Waals surface area contributed by atoms with E-state index in [4.69, 9.17) is 30.5 Å². The van der Waals surface area contributed by atoms with Crippen LogP contribution in [0.4, 0.5) is 11.4 Å². The molecule has 0 radical (unpaired) electrons. The fourth-order valence-corrected chi connectivity index (χ4v) is 4.11. The number of nitro benzene ring substituents is 1. The van der Waals surface area contributed by atoms with Gasteiger partial charge in [-0.05, 0) is 66.7 Å². The molecule has 0 saturated heterocycles. The van der Waals surface area contributed by atoms with Gasteiger partial charge in [-0.1, -0.05) is 17.7 Å². The Morgan fingerprint density at radius 3 is 2.00 bits per heavy atom. The Hall–Kier alpha value is -5.95. The zero-order valence-corrected chi connectivity index (χ0v) is 24.8. The number of carbonyl (C=O) groups is 3. The van der Waals surface area contributed by atoms with Crippen molar-refractivity contribution in [3.8, 4) is 23.0 Å². The van der Waals surface area contributed by atoms with Gasteiger partial charge in [-0.25, -0.2) is 10.2 Å². The summed E-state index contributed by atoms with van der Waals surface area (Å²) < 4.78 is 21.2. The van der Waals surface area contributed by atoms with Crippen LogP contribution in [0.3, 0.4) is 0 Å². The molecule has 13 nitrogen and oxygen atoms in total. The summed E-state index contributed by atoms with van der Waals surface area (Å²) in [5, 5.41) is 18.6. The van der Waals surface area contributed by atoms with Crippen molar-refractivity contribution in [3.63, 3.8) is 0 Å². The minimum Gasteiger partial charge on any atom is -0.493 e. The summed E-state index contributed by atoms with van der Waals surface area (Å²) in [5.74, 6) is -1.31. The lowest BCUT2D eigenvalue weighted by Crippen LogP contribution is -2.18. The number of amides is 2. The monoisotopic (exact) mass is 632 g/mol. The van der Waals surface area contributed by atoms with E-state index < -0.39 is 28.4 Å². The highest BCUT2D eigenvalue weighted by Crippen LogP contribution is 2.38. The molecule has 4 aromatic carbocycles. The van der Waals surface area contributed by atoms with E-state index in [1.807, 2.05) is 0 Å². The van der Waals surface area contributed by atoms with Gasteiger partial charge in [0.2, 0.25) is 11.5 Å². The number of hydrazone groups is 1. The normalized spacial score (nSPS) is 10.6. The molecule has 2 N–H and O–H groups in total. The van der Waals surface area contributed by atoms with Gasteiger partial charge in [0.15, 0.2) is 11.5 Å². The molecular formula is C31H25ClN4O9. The van der Waals surface area contributed by atoms with Crippen molar-refractivity contribution < 1.29 is 38.3 Å². The molecule has 45 heavy (non-hydrogen) atoms. The van der Waals surface area contributed by atoms with Crippen molar-refractivity contribution in [3.05, 3.63) is 116 Å². The fraction of sp³-hybridized carbons (Fsp3) is 0.0968. The summed E-state index contributed by atoms with van der Waals surface area (Å²) in [4.78, 5) is 49.1. The lowest BCUT2D eigenvalue weighted by molar-refractivity contribution is -0.385. The predicted molar refractivity (Wildman–Crippen MR) is 165 cm³/mol. The smallest absolute Gasteiger partial charge is 0.343 e. The Bertz CT molecular complexity index is 1750. The van der Waals surface area contributed by atoms with Crippen molar-refractivity contribution >= 4 is 47.0 Å². The number of ether oxygens (including phenoxy) is 4. The molecule has 230 valence electrons. The van der Waals surface area contributed by atoms with Crippen molar-refractivity contribution in [2.75, 3.05) is 26.6 Å². The molecule has 4 rings (SSSR count). The number of hydrogen-bond acceptors (Lipinski definition) is 10. The van der Waals surface area contributed by atoms with Crippen LogP contribution in [-0.4, -0.2) is 50.3 Å². The number of carbonyl (C=O) groups excluding carboxylic acids is 3. The Morgan fingerprint density at radius 1 is 0.800 bits per heavy atom. The number of nitrogens with one attached hydrogen (secondary N) is 2. The Morgan fingerprint density at radius 2 is 1.42 bits per heavy atom. The van der Waals surface area contributed by atoms with E-state index in [1.54, 1.807) is 0 Å². The number of halogens is 1. The first-order valence-electron chi connectivity index (χ1n) is 12.9. The van der Waals surface area contributed by atoms with Crippen molar-refractivity contribution in [2.24, 2.45) is 5.10 Å². The summed E-state index contributed by atoms with van der Waals surface area (Å²) in [6.07, 6.45) is 1.11. The maximum atomic E-state index is 12.9. The highest BCUT2D eigenvalue weighted by Gasteiger charge is 2.22. The topological polar surface area (TPSA) is 168 Å². The van der Waals surface area contributed by atoms with Crippen LogP contribution in [0.2, 0.25) is 5.02 Å². The van der Waals surface area contributed by atoms with Crippen LogP contribution in [0.25, 0.3) is 0 Å². The minimum atomic E-state index is -0.850. The molecule has 0 atom stereocenters. The number of methoxy groups -OCH3 is 3. The second-order valence-corrected chi connectivity index (χ2v) is 9.43. The van der Waals surface area contributed by atoms with Crippen LogP contribution in [0, 0.1) is 10.1 Å². The Balaban J connectivity index is 1.44. The molecule has 0 aliphatic heterocycles. The molecule has 14 heteroatoms. The number of esters is 1. The molecule has 2 amide bonds. The van der Waals surface area contributed by atoms with Crippen LogP contribution >= 0.6 is 11.6 Å². The van der Waals surface area contributed by atoms with Crippen molar-refractivity contribution in [1.29, 1.82) is 0 Å². The summed E-state index contributed by atoms with van der Waals surface area (Å²) in [5.41, 5.74) is 2.88. The first kappa shape index (κ1) is 32.0. The average Bonchev–Trinajstić information content (AvgIpc) is 3.04. The predicted octanol–water partition coefficient (Wildman–Crippen LogP) is 5.51. The van der Waals surface area contributed by atoms with Gasteiger partial charge in [-0.3, -0.25) is 19.7 Å². The highest BCUT2D eigenvalue weighted by molar-refractivity contribution is 6.30. The van der Waals surface area contributed by atoms with Gasteiger partial charge >= 0.3 is 11.7 Å². The molecule has 0 spiro atoms. The van der Waals surface area contributed by atoms with Crippen LogP contribution in [0.1, 0.15) is 36.6 Å². The molecule has 0 fully saturated rings. The lowest BCUT2D eigenvalue weighted by atomic mass is 10.1. The van der Waals surface area contributed by atoms with Gasteiger partial charge in [0.05, 0.1) is 38.0 Å². The maximum Gasteiger partial charge on any atom is 0.343 e. The summed E-state index contributed by atoms with van der Waals surface area (Å²) in [6, 6.07) is 18.7. The first-order valence-corrected chi connectivity index (χ1v) is 13.3. The Kier molecular flexibility index (Phi) is 10.3. The number of nitro groups is 1. The van der Waals surface area contributed by atoms with Gasteiger partial charge in [0.1, 0.15) is 0 Å². The van der Waals surface area contributed by atoms with Gasteiger partial charge in [0, 0.05) is 33.5 Å². The molecule has 0 saturated carbocycles. The zero-order chi connectivity index (χ0) is 32.5. The molecule has 0 heterocycles. The largest absolute Gasteiger partial charge is 0.493 e. The van der Waals surface area contributed by atoms with Crippen LogP contribution in [0.5, 0.6) is 23.0 Å². The highest BCUT2D eigenvalue weighted by atomic mass is 35.5. The number of para-hydroxylation sites is 1. The van der Waals surface area contributed by atoms with Crippen molar-refractivity contribution in [1.82, 2.24) is 5.43 Å².